The average molecular weight is 472 g/mol. The number of nitrogens with zero attached hydrogens (tertiary/aromatic N) is 3. The van der Waals surface area contributed by atoms with Crippen LogP contribution in [0.3, 0.4) is 0 Å². The first-order chi connectivity index (χ1) is 15.7. The third-order valence-electron chi connectivity index (χ3n) is 6.46. The number of carbonyl (C=O) groups excluding carboxylic acids is 1. The van der Waals surface area contributed by atoms with Crippen molar-refractivity contribution in [3.8, 4) is 0 Å². The topological polar surface area (TPSA) is 75.4 Å². The zero-order valence-corrected chi connectivity index (χ0v) is 19.5. The van der Waals surface area contributed by atoms with E-state index in [4.69, 9.17) is 11.6 Å². The van der Waals surface area contributed by atoms with Crippen LogP contribution in [0.15, 0.2) is 36.5 Å². The van der Waals surface area contributed by atoms with Crippen LogP contribution in [0.1, 0.15) is 49.9 Å². The molecule has 0 fully saturated rings. The van der Waals surface area contributed by atoms with E-state index in [1.165, 1.54) is 11.6 Å². The van der Waals surface area contributed by atoms with Crippen molar-refractivity contribution in [2.75, 3.05) is 6.54 Å². The van der Waals surface area contributed by atoms with Crippen LogP contribution in [0.4, 0.5) is 4.39 Å². The van der Waals surface area contributed by atoms with E-state index in [9.17, 15) is 19.1 Å². The lowest BCUT2D eigenvalue weighted by Gasteiger charge is -2.29. The smallest absolute Gasteiger partial charge is 0.309 e. The first kappa shape index (κ1) is 23.2. The monoisotopic (exact) mass is 471 g/mol. The molecule has 0 radical (unpaired) electrons. The van der Waals surface area contributed by atoms with Crippen LogP contribution < -0.4 is 0 Å². The van der Waals surface area contributed by atoms with Crippen LogP contribution >= 0.6 is 11.6 Å². The van der Waals surface area contributed by atoms with Gasteiger partial charge in [0.1, 0.15) is 11.5 Å². The second-order valence-electron chi connectivity index (χ2n) is 9.24. The number of hydrogen-bond acceptors (Lipinski definition) is 3. The fraction of sp³-hybridized carbons (Fsp3) is 0.400. The van der Waals surface area contributed by atoms with Gasteiger partial charge in [-0.15, -0.1) is 0 Å². The summed E-state index contributed by atoms with van der Waals surface area (Å²) >= 11 is 5.84. The number of pyridine rings is 1. The van der Waals surface area contributed by atoms with Gasteiger partial charge in [-0.2, -0.15) is 0 Å². The standard InChI is InChI=1S/C25H27ClFN3O3/c1-25(2,24(32)33)10-3-6-22(31)29-12-9-17-18-5-4-11-28-23(18)30(21(17)15-29)14-16-7-8-19(26)20(27)13-16/h4-5,7-8,11,13H,3,6,9-10,12,14-15H2,1-2H3,(H,32,33). The van der Waals surface area contributed by atoms with Crippen LogP contribution in [0.5, 0.6) is 0 Å². The summed E-state index contributed by atoms with van der Waals surface area (Å²) in [6.45, 7) is 4.84. The number of aromatic nitrogens is 2. The van der Waals surface area contributed by atoms with E-state index in [0.717, 1.165) is 22.3 Å². The van der Waals surface area contributed by atoms with Gasteiger partial charge in [-0.25, -0.2) is 9.37 Å². The molecule has 3 aromatic rings. The van der Waals surface area contributed by atoms with Crippen molar-refractivity contribution in [3.63, 3.8) is 0 Å². The first-order valence-electron chi connectivity index (χ1n) is 11.1. The summed E-state index contributed by atoms with van der Waals surface area (Å²) in [5.74, 6) is -1.30. The fourth-order valence-electron chi connectivity index (χ4n) is 4.41. The minimum absolute atomic E-state index is 0.0177. The summed E-state index contributed by atoms with van der Waals surface area (Å²) in [5, 5.41) is 10.4. The molecule has 1 aliphatic heterocycles. The number of carboxylic acid groups (broad SMARTS) is 1. The lowest BCUT2D eigenvalue weighted by Crippen LogP contribution is -2.36. The van der Waals surface area contributed by atoms with Crippen LogP contribution in [-0.4, -0.2) is 38.0 Å². The summed E-state index contributed by atoms with van der Waals surface area (Å²) < 4.78 is 16.1. The van der Waals surface area contributed by atoms with E-state index >= 15 is 0 Å². The summed E-state index contributed by atoms with van der Waals surface area (Å²) in [7, 11) is 0. The Balaban J connectivity index is 1.56. The van der Waals surface area contributed by atoms with E-state index < -0.39 is 17.2 Å². The van der Waals surface area contributed by atoms with E-state index in [2.05, 4.69) is 9.55 Å². The van der Waals surface area contributed by atoms with Gasteiger partial charge >= 0.3 is 5.97 Å². The molecule has 0 saturated carbocycles. The van der Waals surface area contributed by atoms with E-state index in [0.29, 0.717) is 45.3 Å². The molecule has 0 spiro atoms. The Morgan fingerprint density at radius 2 is 2.06 bits per heavy atom. The van der Waals surface area contributed by atoms with Gasteiger partial charge in [-0.05, 0) is 68.5 Å². The van der Waals surface area contributed by atoms with Gasteiger partial charge in [0.2, 0.25) is 5.91 Å². The molecule has 0 bridgehead atoms. The highest BCUT2D eigenvalue weighted by Crippen LogP contribution is 2.31. The van der Waals surface area contributed by atoms with Gasteiger partial charge in [-0.1, -0.05) is 17.7 Å². The molecule has 3 heterocycles. The average Bonchev–Trinajstić information content (AvgIpc) is 3.09. The predicted octanol–water partition coefficient (Wildman–Crippen LogP) is 5.04. The first-order valence-corrected chi connectivity index (χ1v) is 11.5. The van der Waals surface area contributed by atoms with Crippen molar-refractivity contribution in [1.82, 2.24) is 14.5 Å². The van der Waals surface area contributed by atoms with Gasteiger partial charge < -0.3 is 14.6 Å². The lowest BCUT2D eigenvalue weighted by molar-refractivity contribution is -0.147. The van der Waals surface area contributed by atoms with Crippen molar-refractivity contribution in [1.29, 1.82) is 0 Å². The van der Waals surface area contributed by atoms with E-state index in [-0.39, 0.29) is 10.9 Å². The maximum absolute atomic E-state index is 14.0. The number of fused-ring (bicyclic) bond motifs is 3. The Morgan fingerprint density at radius 3 is 2.79 bits per heavy atom. The van der Waals surface area contributed by atoms with Gasteiger partial charge in [0.05, 0.1) is 17.0 Å². The molecule has 0 saturated heterocycles. The number of carboxylic acids is 1. The normalized spacial score (nSPS) is 13.9. The molecule has 8 heteroatoms. The Bertz CT molecular complexity index is 1220. The van der Waals surface area contributed by atoms with Gasteiger partial charge in [0.15, 0.2) is 0 Å². The van der Waals surface area contributed by atoms with Crippen LogP contribution in [-0.2, 0) is 29.1 Å². The minimum Gasteiger partial charge on any atom is -0.481 e. The van der Waals surface area contributed by atoms with Crippen molar-refractivity contribution >= 4 is 34.5 Å². The quantitative estimate of drug-likeness (QED) is 0.523. The second kappa shape index (κ2) is 9.14. The highest BCUT2D eigenvalue weighted by molar-refractivity contribution is 6.30. The molecule has 6 nitrogen and oxygen atoms in total. The summed E-state index contributed by atoms with van der Waals surface area (Å²) in [4.78, 5) is 30.6. The van der Waals surface area contributed by atoms with Crippen molar-refractivity contribution in [2.45, 2.75) is 52.6 Å². The molecule has 1 aromatic carbocycles. The SMILES string of the molecule is CC(C)(CCCC(=O)N1CCc2c(n(Cc3ccc(Cl)c(F)c3)c3ncccc23)C1)C(=O)O. The van der Waals surface area contributed by atoms with Gasteiger partial charge in [0.25, 0.3) is 0 Å². The number of amides is 1. The van der Waals surface area contributed by atoms with Gasteiger partial charge in [0, 0.05) is 36.8 Å². The van der Waals surface area contributed by atoms with E-state index in [1.807, 2.05) is 17.0 Å². The number of carbonyl (C=O) groups is 2. The number of benzene rings is 1. The largest absolute Gasteiger partial charge is 0.481 e. The molecule has 4 rings (SSSR count). The Labute approximate surface area is 197 Å². The van der Waals surface area contributed by atoms with Crippen molar-refractivity contribution < 1.29 is 19.1 Å². The molecular formula is C25H27ClFN3O3. The molecule has 33 heavy (non-hydrogen) atoms. The molecule has 174 valence electrons. The fourth-order valence-corrected chi connectivity index (χ4v) is 4.53. The number of aliphatic carboxylic acids is 1. The minimum atomic E-state index is -0.854. The molecule has 1 aliphatic rings. The molecule has 1 amide bonds. The predicted molar refractivity (Wildman–Crippen MR) is 125 cm³/mol. The highest BCUT2D eigenvalue weighted by atomic mass is 35.5. The molecule has 2 aromatic heterocycles. The Morgan fingerprint density at radius 1 is 1.27 bits per heavy atom. The zero-order chi connectivity index (χ0) is 23.8. The summed E-state index contributed by atoms with van der Waals surface area (Å²) in [6, 6.07) is 8.70. The molecule has 0 aliphatic carbocycles. The number of halogens is 2. The maximum atomic E-state index is 14.0. The second-order valence-corrected chi connectivity index (χ2v) is 9.65. The molecule has 0 atom stereocenters. The third kappa shape index (κ3) is 4.74. The van der Waals surface area contributed by atoms with Crippen LogP contribution in [0.2, 0.25) is 5.02 Å². The third-order valence-corrected chi connectivity index (χ3v) is 6.77. The highest BCUT2D eigenvalue weighted by Gasteiger charge is 2.29. The number of rotatable bonds is 7. The van der Waals surface area contributed by atoms with Crippen LogP contribution in [0.25, 0.3) is 11.0 Å². The van der Waals surface area contributed by atoms with Crippen LogP contribution in [0, 0.1) is 11.2 Å². The Hall–Kier alpha value is -2.93. The van der Waals surface area contributed by atoms with Crippen molar-refractivity contribution in [2.24, 2.45) is 5.41 Å². The zero-order valence-electron chi connectivity index (χ0n) is 18.8. The lowest BCUT2D eigenvalue weighted by atomic mass is 9.87. The Kier molecular flexibility index (Phi) is 6.43. The van der Waals surface area contributed by atoms with Crippen molar-refractivity contribution in [3.05, 3.63) is 64.2 Å². The summed E-state index contributed by atoms with van der Waals surface area (Å²) in [5.41, 5.74) is 2.91. The molecular weight excluding hydrogens is 445 g/mol. The summed E-state index contributed by atoms with van der Waals surface area (Å²) in [6.07, 6.45) is 3.73. The number of hydrogen-bond donors (Lipinski definition) is 1. The molecule has 1 N–H and O–H groups in total. The maximum Gasteiger partial charge on any atom is 0.309 e. The van der Waals surface area contributed by atoms with E-state index in [1.54, 1.807) is 32.2 Å². The molecule has 0 unspecified atom stereocenters. The van der Waals surface area contributed by atoms with Gasteiger partial charge in [-0.3, -0.25) is 9.59 Å².